The molecule has 7 heteroatoms. The van der Waals surface area contributed by atoms with E-state index in [0.29, 0.717) is 24.4 Å². The van der Waals surface area contributed by atoms with Crippen LogP contribution >= 0.6 is 0 Å². The third-order valence-electron chi connectivity index (χ3n) is 2.82. The molecule has 0 aliphatic carbocycles. The van der Waals surface area contributed by atoms with Gasteiger partial charge in [0.15, 0.2) is 0 Å². The molecule has 0 atom stereocenters. The highest BCUT2D eigenvalue weighted by atomic mass is 32.2. The van der Waals surface area contributed by atoms with Gasteiger partial charge in [0, 0.05) is 13.0 Å². The second-order valence-corrected chi connectivity index (χ2v) is 7.81. The number of fused-ring (bicyclic) bond motifs is 1. The molecule has 1 aliphatic heterocycles. The van der Waals surface area contributed by atoms with Gasteiger partial charge in [0.2, 0.25) is 10.0 Å². The summed E-state index contributed by atoms with van der Waals surface area (Å²) in [6.45, 7) is 5.73. The molecule has 17 heavy (non-hydrogen) atoms. The third-order valence-corrected chi connectivity index (χ3v) is 5.36. The van der Waals surface area contributed by atoms with Gasteiger partial charge < -0.3 is 10.2 Å². The van der Waals surface area contributed by atoms with Gasteiger partial charge in [0.05, 0.1) is 17.0 Å². The average molecular weight is 259 g/mol. The fourth-order valence-electron chi connectivity index (χ4n) is 1.79. The summed E-state index contributed by atoms with van der Waals surface area (Å²) in [5, 5.41) is 0. The highest BCUT2D eigenvalue weighted by molar-refractivity contribution is 7.90. The molecule has 0 radical (unpaired) electrons. The van der Waals surface area contributed by atoms with Crippen molar-refractivity contribution in [1.29, 1.82) is 0 Å². The minimum atomic E-state index is -3.32. The molecule has 0 aromatic carbocycles. The molecule has 0 bridgehead atoms. The lowest BCUT2D eigenvalue weighted by Crippen LogP contribution is -2.45. The SMILES string of the molecule is CC(C)(C)S(=O)(=O)N1CCc2oc(N)nc2C1. The highest BCUT2D eigenvalue weighted by Gasteiger charge is 2.38. The van der Waals surface area contributed by atoms with Gasteiger partial charge in [0.1, 0.15) is 5.76 Å². The Morgan fingerprint density at radius 2 is 2.06 bits per heavy atom. The van der Waals surface area contributed by atoms with Crippen LogP contribution in [0.3, 0.4) is 0 Å². The maximum absolute atomic E-state index is 12.3. The summed E-state index contributed by atoms with van der Waals surface area (Å²) < 4.78 is 30.4. The van der Waals surface area contributed by atoms with Crippen LogP contribution in [-0.2, 0) is 23.0 Å². The minimum Gasteiger partial charge on any atom is -0.429 e. The Kier molecular flexibility index (Phi) is 2.70. The number of aromatic nitrogens is 1. The molecule has 2 heterocycles. The van der Waals surface area contributed by atoms with Crippen LogP contribution in [0.5, 0.6) is 0 Å². The predicted octanol–water partition coefficient (Wildman–Crippen LogP) is 0.743. The van der Waals surface area contributed by atoms with Crippen LogP contribution in [0.25, 0.3) is 0 Å². The van der Waals surface area contributed by atoms with E-state index in [0.717, 1.165) is 0 Å². The van der Waals surface area contributed by atoms with E-state index in [1.807, 2.05) is 0 Å². The molecule has 2 rings (SSSR count). The topological polar surface area (TPSA) is 89.4 Å². The van der Waals surface area contributed by atoms with Crippen molar-refractivity contribution in [2.24, 2.45) is 0 Å². The van der Waals surface area contributed by atoms with E-state index in [1.165, 1.54) is 4.31 Å². The normalized spacial score (nSPS) is 18.1. The monoisotopic (exact) mass is 259 g/mol. The first-order valence-corrected chi connectivity index (χ1v) is 6.89. The van der Waals surface area contributed by atoms with Crippen molar-refractivity contribution in [2.45, 2.75) is 38.5 Å². The van der Waals surface area contributed by atoms with Gasteiger partial charge in [0.25, 0.3) is 6.01 Å². The Hall–Kier alpha value is -1.08. The van der Waals surface area contributed by atoms with Crippen molar-refractivity contribution in [3.63, 3.8) is 0 Å². The minimum absolute atomic E-state index is 0.102. The number of anilines is 1. The van der Waals surface area contributed by atoms with Gasteiger partial charge in [-0.15, -0.1) is 0 Å². The number of oxazole rings is 1. The zero-order chi connectivity index (χ0) is 12.8. The predicted molar refractivity (Wildman–Crippen MR) is 63.7 cm³/mol. The van der Waals surface area contributed by atoms with E-state index >= 15 is 0 Å². The molecule has 0 unspecified atom stereocenters. The number of hydrogen-bond acceptors (Lipinski definition) is 5. The molecule has 6 nitrogen and oxygen atoms in total. The highest BCUT2D eigenvalue weighted by Crippen LogP contribution is 2.27. The van der Waals surface area contributed by atoms with E-state index in [1.54, 1.807) is 20.8 Å². The zero-order valence-corrected chi connectivity index (χ0v) is 11.0. The molecule has 2 N–H and O–H groups in total. The molecular formula is C10H17N3O3S. The molecule has 0 saturated carbocycles. The number of sulfonamides is 1. The number of nitrogen functional groups attached to an aromatic ring is 1. The number of nitrogens with two attached hydrogens (primary N) is 1. The molecule has 0 amide bonds. The van der Waals surface area contributed by atoms with Crippen LogP contribution in [-0.4, -0.2) is 29.0 Å². The second kappa shape index (κ2) is 3.71. The largest absolute Gasteiger partial charge is 0.429 e. The number of hydrogen-bond donors (Lipinski definition) is 1. The summed E-state index contributed by atoms with van der Waals surface area (Å²) in [6.07, 6.45) is 0.523. The summed E-state index contributed by atoms with van der Waals surface area (Å²) in [5.41, 5.74) is 6.08. The van der Waals surface area contributed by atoms with E-state index in [9.17, 15) is 8.42 Å². The Balaban J connectivity index is 2.29. The fourth-order valence-corrected chi connectivity index (χ4v) is 3.19. The fraction of sp³-hybridized carbons (Fsp3) is 0.700. The van der Waals surface area contributed by atoms with Crippen molar-refractivity contribution >= 4 is 16.0 Å². The Morgan fingerprint density at radius 1 is 1.41 bits per heavy atom. The van der Waals surface area contributed by atoms with Crippen LogP contribution in [0.2, 0.25) is 0 Å². The molecule has 0 saturated heterocycles. The van der Waals surface area contributed by atoms with Crippen molar-refractivity contribution < 1.29 is 12.8 Å². The van der Waals surface area contributed by atoms with Crippen LogP contribution < -0.4 is 5.73 Å². The lowest BCUT2D eigenvalue weighted by Gasteiger charge is -2.31. The van der Waals surface area contributed by atoms with Crippen molar-refractivity contribution in [1.82, 2.24) is 9.29 Å². The summed E-state index contributed by atoms with van der Waals surface area (Å²) in [5.74, 6) is 0.697. The number of nitrogens with zero attached hydrogens (tertiary/aromatic N) is 2. The maximum Gasteiger partial charge on any atom is 0.292 e. The van der Waals surface area contributed by atoms with Crippen LogP contribution in [0.1, 0.15) is 32.2 Å². The third kappa shape index (κ3) is 2.04. The van der Waals surface area contributed by atoms with Crippen molar-refractivity contribution in [3.05, 3.63) is 11.5 Å². The molecule has 96 valence electrons. The van der Waals surface area contributed by atoms with Gasteiger partial charge >= 0.3 is 0 Å². The molecule has 1 aliphatic rings. The lowest BCUT2D eigenvalue weighted by molar-refractivity contribution is 0.352. The Bertz CT molecular complexity index is 527. The van der Waals surface area contributed by atoms with Gasteiger partial charge in [-0.05, 0) is 20.8 Å². The van der Waals surface area contributed by atoms with E-state index in [4.69, 9.17) is 10.2 Å². The lowest BCUT2D eigenvalue weighted by atomic mass is 10.2. The van der Waals surface area contributed by atoms with E-state index in [2.05, 4.69) is 4.98 Å². The first-order chi connectivity index (χ1) is 7.72. The standard InChI is InChI=1S/C10H17N3O3S/c1-10(2,3)17(14,15)13-5-4-8-7(6-13)12-9(11)16-8/h4-6H2,1-3H3,(H2,11,12). The number of rotatable bonds is 1. The summed E-state index contributed by atoms with van der Waals surface area (Å²) in [6, 6.07) is 0.102. The van der Waals surface area contributed by atoms with Crippen molar-refractivity contribution in [3.8, 4) is 0 Å². The van der Waals surface area contributed by atoms with Crippen LogP contribution in [0, 0.1) is 0 Å². The summed E-state index contributed by atoms with van der Waals surface area (Å²) in [4.78, 5) is 4.00. The molecule has 0 spiro atoms. The average Bonchev–Trinajstić information content (AvgIpc) is 2.54. The Labute approximate surface area is 101 Å². The quantitative estimate of drug-likeness (QED) is 0.803. The smallest absolute Gasteiger partial charge is 0.292 e. The van der Waals surface area contributed by atoms with Crippen LogP contribution in [0.4, 0.5) is 6.01 Å². The van der Waals surface area contributed by atoms with Gasteiger partial charge in [-0.3, -0.25) is 0 Å². The Morgan fingerprint density at radius 3 is 2.65 bits per heavy atom. The summed E-state index contributed by atoms with van der Waals surface area (Å²) in [7, 11) is -3.32. The van der Waals surface area contributed by atoms with E-state index < -0.39 is 14.8 Å². The van der Waals surface area contributed by atoms with E-state index in [-0.39, 0.29) is 12.6 Å². The van der Waals surface area contributed by atoms with Gasteiger partial charge in [-0.25, -0.2) is 8.42 Å². The second-order valence-electron chi connectivity index (χ2n) is 5.12. The summed E-state index contributed by atoms with van der Waals surface area (Å²) >= 11 is 0. The first-order valence-electron chi connectivity index (χ1n) is 5.45. The first kappa shape index (κ1) is 12.4. The molecule has 0 fully saturated rings. The zero-order valence-electron chi connectivity index (χ0n) is 10.2. The molecule has 1 aromatic heterocycles. The maximum atomic E-state index is 12.3. The molecular weight excluding hydrogens is 242 g/mol. The molecule has 1 aromatic rings. The van der Waals surface area contributed by atoms with Crippen LogP contribution in [0.15, 0.2) is 4.42 Å². The van der Waals surface area contributed by atoms with Gasteiger partial charge in [-0.2, -0.15) is 9.29 Å². The van der Waals surface area contributed by atoms with Gasteiger partial charge in [-0.1, -0.05) is 0 Å². The van der Waals surface area contributed by atoms with Crippen molar-refractivity contribution in [2.75, 3.05) is 12.3 Å².